The van der Waals surface area contributed by atoms with Crippen molar-refractivity contribution in [3.63, 3.8) is 0 Å². The molecule has 0 heterocycles. The fourth-order valence-corrected chi connectivity index (χ4v) is 1.43. The molecule has 0 spiro atoms. The summed E-state index contributed by atoms with van der Waals surface area (Å²) >= 11 is 5.95. The van der Waals surface area contributed by atoms with Crippen LogP contribution in [0.15, 0.2) is 12.1 Å². The summed E-state index contributed by atoms with van der Waals surface area (Å²) in [6.07, 6.45) is 0. The summed E-state index contributed by atoms with van der Waals surface area (Å²) in [5, 5.41) is 8.95. The van der Waals surface area contributed by atoms with Crippen LogP contribution in [0.25, 0.3) is 4.98 Å². The van der Waals surface area contributed by atoms with Gasteiger partial charge in [-0.3, -0.25) is 0 Å². The third-order valence-electron chi connectivity index (χ3n) is 1.85. The molecule has 74 valence electrons. The molecule has 0 radical (unpaired) electrons. The zero-order valence-corrected chi connectivity index (χ0v) is 9.04. The number of methoxy groups -OCH3 is 1. The van der Waals surface area contributed by atoms with E-state index in [1.807, 2.05) is 19.0 Å². The van der Waals surface area contributed by atoms with Gasteiger partial charge in [0.05, 0.1) is 12.8 Å². The van der Waals surface area contributed by atoms with Gasteiger partial charge in [-0.2, -0.15) is 0 Å². The Morgan fingerprint density at radius 2 is 2.07 bits per heavy atom. The van der Waals surface area contributed by atoms with E-state index in [0.717, 1.165) is 5.69 Å². The van der Waals surface area contributed by atoms with Gasteiger partial charge in [0.25, 0.3) is 0 Å². The Labute approximate surface area is 87.7 Å². The maximum Gasteiger partial charge on any atom is 0.407 e. The van der Waals surface area contributed by atoms with Gasteiger partial charge in [-0.1, -0.05) is 11.6 Å². The average molecular weight is 213 g/mol. The average Bonchev–Trinajstić information content (AvgIpc) is 2.17. The number of diazo groups is 1. The quantitative estimate of drug-likeness (QED) is 0.708. The van der Waals surface area contributed by atoms with Crippen molar-refractivity contribution in [1.29, 1.82) is 5.39 Å². The maximum atomic E-state index is 8.64. The smallest absolute Gasteiger partial charge is 0.407 e. The Morgan fingerprint density at radius 3 is 2.50 bits per heavy atom. The molecule has 4 nitrogen and oxygen atoms in total. The summed E-state index contributed by atoms with van der Waals surface area (Å²) in [6, 6.07) is 3.40. The predicted octanol–water partition coefficient (Wildman–Crippen LogP) is 2.90. The molecule has 0 amide bonds. The predicted molar refractivity (Wildman–Crippen MR) is 57.1 cm³/mol. The van der Waals surface area contributed by atoms with Gasteiger partial charge in [0.2, 0.25) is 5.39 Å². The summed E-state index contributed by atoms with van der Waals surface area (Å²) in [7, 11) is 5.28. The van der Waals surface area contributed by atoms with Crippen LogP contribution in [-0.2, 0) is 0 Å². The van der Waals surface area contributed by atoms with Crippen molar-refractivity contribution in [2.24, 2.45) is 0 Å². The molecule has 14 heavy (non-hydrogen) atoms. The summed E-state index contributed by atoms with van der Waals surface area (Å²) in [5.74, 6) is 0.506. The van der Waals surface area contributed by atoms with Gasteiger partial charge in [0.1, 0.15) is 0 Å². The Kier molecular flexibility index (Phi) is 3.15. The first-order valence-corrected chi connectivity index (χ1v) is 4.38. The third kappa shape index (κ3) is 1.73. The van der Waals surface area contributed by atoms with Gasteiger partial charge >= 0.3 is 5.69 Å². The number of nitrogens with zero attached hydrogens (tertiary/aromatic N) is 3. The van der Waals surface area contributed by atoms with E-state index in [1.165, 1.54) is 7.11 Å². The Hall–Kier alpha value is -1.47. The van der Waals surface area contributed by atoms with Gasteiger partial charge < -0.3 is 9.64 Å². The molecule has 1 aromatic rings. The van der Waals surface area contributed by atoms with Crippen LogP contribution in [0, 0.1) is 5.39 Å². The van der Waals surface area contributed by atoms with Crippen molar-refractivity contribution in [1.82, 2.24) is 0 Å². The van der Waals surface area contributed by atoms with Crippen molar-refractivity contribution in [3.05, 3.63) is 22.1 Å². The normalized spacial score (nSPS) is 9.36. The molecule has 0 saturated carbocycles. The second-order valence-electron chi connectivity index (χ2n) is 2.95. The SMILES string of the molecule is COc1c(N(C)C)ccc([N+]#N)c1Cl. The van der Waals surface area contributed by atoms with Crippen LogP contribution in [0.4, 0.5) is 11.4 Å². The first kappa shape index (κ1) is 10.6. The van der Waals surface area contributed by atoms with Crippen LogP contribution in [0.2, 0.25) is 5.02 Å². The second-order valence-corrected chi connectivity index (χ2v) is 3.32. The van der Waals surface area contributed by atoms with Gasteiger partial charge in [0.15, 0.2) is 15.7 Å². The topological polar surface area (TPSA) is 40.6 Å². The minimum Gasteiger partial charge on any atom is -0.493 e. The number of ether oxygens (including phenoxy) is 1. The Bertz CT molecular complexity index is 384. The van der Waals surface area contributed by atoms with E-state index in [2.05, 4.69) is 4.98 Å². The molecular weight excluding hydrogens is 202 g/mol. The summed E-state index contributed by atoms with van der Waals surface area (Å²) in [6.45, 7) is 0. The minimum atomic E-state index is 0.300. The number of anilines is 1. The molecular formula is C9H11ClN3O+. The first-order valence-electron chi connectivity index (χ1n) is 4.00. The lowest BCUT2D eigenvalue weighted by atomic mass is 10.2. The van der Waals surface area contributed by atoms with Crippen molar-refractivity contribution in [2.75, 3.05) is 26.1 Å². The molecule has 0 aliphatic carbocycles. The van der Waals surface area contributed by atoms with Crippen LogP contribution < -0.4 is 9.64 Å². The van der Waals surface area contributed by atoms with E-state index in [0.29, 0.717) is 16.5 Å². The molecule has 0 N–H and O–H groups in total. The van der Waals surface area contributed by atoms with Gasteiger partial charge in [-0.25, -0.2) is 0 Å². The highest BCUT2D eigenvalue weighted by Gasteiger charge is 2.20. The first-order chi connectivity index (χ1) is 6.61. The fourth-order valence-electron chi connectivity index (χ4n) is 1.16. The van der Waals surface area contributed by atoms with E-state index in [4.69, 9.17) is 21.7 Å². The highest BCUT2D eigenvalue weighted by molar-refractivity contribution is 6.35. The van der Waals surface area contributed by atoms with E-state index in [9.17, 15) is 0 Å². The van der Waals surface area contributed by atoms with E-state index in [1.54, 1.807) is 12.1 Å². The molecule has 0 bridgehead atoms. The molecule has 1 rings (SSSR count). The fraction of sp³-hybridized carbons (Fsp3) is 0.333. The second kappa shape index (κ2) is 4.16. The standard InChI is InChI=1S/C9H11ClN3O/c1-13(2)7-5-4-6(12-11)8(10)9(7)14-3/h4-5H,1-3H3/q+1. The van der Waals surface area contributed by atoms with Crippen molar-refractivity contribution in [3.8, 4) is 5.75 Å². The molecule has 0 aromatic heterocycles. The van der Waals surface area contributed by atoms with Crippen LogP contribution in [0.3, 0.4) is 0 Å². The molecule has 1 aromatic carbocycles. The molecule has 0 saturated heterocycles. The molecule has 0 aliphatic rings. The number of hydrogen-bond acceptors (Lipinski definition) is 3. The molecule has 0 atom stereocenters. The van der Waals surface area contributed by atoms with Gasteiger partial charge in [-0.15, -0.1) is 0 Å². The maximum absolute atomic E-state index is 8.64. The number of rotatable bonds is 2. The molecule has 0 fully saturated rings. The lowest BCUT2D eigenvalue weighted by molar-refractivity contribution is 0.416. The molecule has 5 heteroatoms. The minimum absolute atomic E-state index is 0.300. The Morgan fingerprint density at radius 1 is 1.43 bits per heavy atom. The lowest BCUT2D eigenvalue weighted by Gasteiger charge is -2.15. The third-order valence-corrected chi connectivity index (χ3v) is 2.21. The van der Waals surface area contributed by atoms with E-state index < -0.39 is 0 Å². The van der Waals surface area contributed by atoms with Gasteiger partial charge in [-0.05, 0) is 6.07 Å². The highest BCUT2D eigenvalue weighted by Crippen LogP contribution is 2.40. The molecule has 0 unspecified atom stereocenters. The Balaban J connectivity index is 3.38. The van der Waals surface area contributed by atoms with E-state index >= 15 is 0 Å². The monoisotopic (exact) mass is 212 g/mol. The molecule has 0 aliphatic heterocycles. The zero-order chi connectivity index (χ0) is 10.7. The summed E-state index contributed by atoms with van der Waals surface area (Å²) in [5.41, 5.74) is 1.14. The van der Waals surface area contributed by atoms with Crippen LogP contribution in [0.1, 0.15) is 0 Å². The highest BCUT2D eigenvalue weighted by atomic mass is 35.5. The van der Waals surface area contributed by atoms with Gasteiger partial charge in [0, 0.05) is 20.2 Å². The van der Waals surface area contributed by atoms with Crippen LogP contribution in [-0.4, -0.2) is 21.2 Å². The number of hydrogen-bond donors (Lipinski definition) is 0. The van der Waals surface area contributed by atoms with Crippen molar-refractivity contribution < 1.29 is 4.74 Å². The summed E-state index contributed by atoms with van der Waals surface area (Å²) in [4.78, 5) is 4.92. The largest absolute Gasteiger partial charge is 0.493 e. The van der Waals surface area contributed by atoms with Crippen molar-refractivity contribution in [2.45, 2.75) is 0 Å². The summed E-state index contributed by atoms with van der Waals surface area (Å²) < 4.78 is 5.14. The zero-order valence-electron chi connectivity index (χ0n) is 8.28. The number of halogens is 1. The lowest BCUT2D eigenvalue weighted by Crippen LogP contribution is -2.10. The van der Waals surface area contributed by atoms with Crippen LogP contribution >= 0.6 is 11.6 Å². The number of benzene rings is 1. The van der Waals surface area contributed by atoms with Crippen LogP contribution in [0.5, 0.6) is 5.75 Å². The van der Waals surface area contributed by atoms with Crippen molar-refractivity contribution >= 4 is 23.0 Å². The van der Waals surface area contributed by atoms with E-state index in [-0.39, 0.29) is 0 Å².